The first-order valence-corrected chi connectivity index (χ1v) is 7.52. The molecule has 0 atom stereocenters. The standard InChI is InChI=1S/C15H21N5O/c1-2-20-11-16-8-13(20)9-19-5-3-12(4-6-19)14-7-15(21)18-10-17-14/h7-8,10-12H,2-6,9H2,1H3,(H,17,18,21). The van der Waals surface area contributed by atoms with Gasteiger partial charge in [-0.25, -0.2) is 9.97 Å². The van der Waals surface area contributed by atoms with Gasteiger partial charge < -0.3 is 9.55 Å². The van der Waals surface area contributed by atoms with Crippen molar-refractivity contribution in [2.24, 2.45) is 0 Å². The van der Waals surface area contributed by atoms with E-state index in [1.807, 2.05) is 12.5 Å². The number of imidazole rings is 1. The Morgan fingerprint density at radius 3 is 2.90 bits per heavy atom. The quantitative estimate of drug-likeness (QED) is 0.922. The number of nitrogens with zero attached hydrogens (tertiary/aromatic N) is 4. The molecule has 6 nitrogen and oxygen atoms in total. The zero-order valence-corrected chi connectivity index (χ0v) is 12.3. The van der Waals surface area contributed by atoms with E-state index in [1.165, 1.54) is 12.0 Å². The second-order valence-electron chi connectivity index (χ2n) is 5.56. The van der Waals surface area contributed by atoms with Crippen LogP contribution in [0.15, 0.2) is 29.7 Å². The number of hydrogen-bond acceptors (Lipinski definition) is 4. The molecule has 112 valence electrons. The van der Waals surface area contributed by atoms with Crippen LogP contribution < -0.4 is 5.56 Å². The van der Waals surface area contributed by atoms with Crippen molar-refractivity contribution in [3.05, 3.63) is 46.7 Å². The lowest BCUT2D eigenvalue weighted by molar-refractivity contribution is 0.199. The molecule has 21 heavy (non-hydrogen) atoms. The van der Waals surface area contributed by atoms with Gasteiger partial charge in [-0.05, 0) is 32.9 Å². The van der Waals surface area contributed by atoms with Crippen molar-refractivity contribution >= 4 is 0 Å². The maximum atomic E-state index is 11.4. The number of hydrogen-bond donors (Lipinski definition) is 1. The summed E-state index contributed by atoms with van der Waals surface area (Å²) < 4.78 is 2.18. The van der Waals surface area contributed by atoms with E-state index >= 15 is 0 Å². The summed E-state index contributed by atoms with van der Waals surface area (Å²) in [5.74, 6) is 0.402. The molecule has 0 saturated carbocycles. The fourth-order valence-electron chi connectivity index (χ4n) is 2.99. The topological polar surface area (TPSA) is 66.8 Å². The maximum Gasteiger partial charge on any atom is 0.250 e. The number of aryl methyl sites for hydroxylation is 1. The average Bonchev–Trinajstić information content (AvgIpc) is 2.95. The van der Waals surface area contributed by atoms with Crippen molar-refractivity contribution in [1.82, 2.24) is 24.4 Å². The van der Waals surface area contributed by atoms with E-state index in [2.05, 4.69) is 31.3 Å². The summed E-state index contributed by atoms with van der Waals surface area (Å²) in [7, 11) is 0. The van der Waals surface area contributed by atoms with Gasteiger partial charge in [0.2, 0.25) is 0 Å². The maximum absolute atomic E-state index is 11.4. The third kappa shape index (κ3) is 3.21. The molecule has 3 rings (SSSR count). The van der Waals surface area contributed by atoms with Crippen LogP contribution in [0.5, 0.6) is 0 Å². The van der Waals surface area contributed by atoms with Crippen molar-refractivity contribution in [1.29, 1.82) is 0 Å². The van der Waals surface area contributed by atoms with Crippen LogP contribution in [0.4, 0.5) is 0 Å². The van der Waals surface area contributed by atoms with Crippen LogP contribution in [0.2, 0.25) is 0 Å². The van der Waals surface area contributed by atoms with Gasteiger partial charge in [0.05, 0.1) is 24.0 Å². The summed E-state index contributed by atoms with van der Waals surface area (Å²) in [6.07, 6.45) is 7.45. The first kappa shape index (κ1) is 14.0. The molecule has 2 aromatic heterocycles. The number of piperidine rings is 1. The van der Waals surface area contributed by atoms with Gasteiger partial charge in [0.25, 0.3) is 5.56 Å². The van der Waals surface area contributed by atoms with Crippen LogP contribution in [0.25, 0.3) is 0 Å². The Labute approximate surface area is 123 Å². The van der Waals surface area contributed by atoms with Gasteiger partial charge in [-0.2, -0.15) is 0 Å². The molecule has 0 radical (unpaired) electrons. The molecule has 6 heteroatoms. The van der Waals surface area contributed by atoms with Crippen molar-refractivity contribution in [3.63, 3.8) is 0 Å². The van der Waals surface area contributed by atoms with Crippen LogP contribution in [0.3, 0.4) is 0 Å². The highest BCUT2D eigenvalue weighted by Gasteiger charge is 2.22. The van der Waals surface area contributed by atoms with Gasteiger partial charge in [-0.15, -0.1) is 0 Å². The summed E-state index contributed by atoms with van der Waals surface area (Å²) in [6.45, 7) is 6.12. The van der Waals surface area contributed by atoms with E-state index in [9.17, 15) is 4.79 Å². The Morgan fingerprint density at radius 1 is 1.38 bits per heavy atom. The monoisotopic (exact) mass is 287 g/mol. The molecule has 0 unspecified atom stereocenters. The van der Waals surface area contributed by atoms with Crippen molar-refractivity contribution in [2.75, 3.05) is 13.1 Å². The summed E-state index contributed by atoms with van der Waals surface area (Å²) in [4.78, 5) is 24.9. The Bertz CT molecular complexity index is 639. The molecule has 0 amide bonds. The van der Waals surface area contributed by atoms with Crippen LogP contribution in [-0.4, -0.2) is 37.5 Å². The zero-order valence-electron chi connectivity index (χ0n) is 12.3. The third-order valence-corrected chi connectivity index (χ3v) is 4.23. The Kier molecular flexibility index (Phi) is 4.15. The van der Waals surface area contributed by atoms with Crippen LogP contribution in [-0.2, 0) is 13.1 Å². The molecule has 0 spiro atoms. The van der Waals surface area contributed by atoms with E-state index in [1.54, 1.807) is 6.07 Å². The zero-order chi connectivity index (χ0) is 14.7. The molecule has 0 aromatic carbocycles. The second-order valence-corrected chi connectivity index (χ2v) is 5.56. The van der Waals surface area contributed by atoms with E-state index < -0.39 is 0 Å². The van der Waals surface area contributed by atoms with Crippen LogP contribution in [0, 0.1) is 0 Å². The lowest BCUT2D eigenvalue weighted by atomic mass is 9.93. The van der Waals surface area contributed by atoms with Gasteiger partial charge in [-0.1, -0.05) is 0 Å². The highest BCUT2D eigenvalue weighted by atomic mass is 16.1. The van der Waals surface area contributed by atoms with Gasteiger partial charge in [0, 0.05) is 31.3 Å². The molecule has 1 aliphatic rings. The molecule has 0 bridgehead atoms. The first-order chi connectivity index (χ1) is 10.3. The summed E-state index contributed by atoms with van der Waals surface area (Å²) in [6, 6.07) is 1.63. The largest absolute Gasteiger partial charge is 0.334 e. The van der Waals surface area contributed by atoms with E-state index in [4.69, 9.17) is 0 Å². The SMILES string of the molecule is CCn1cncc1CN1CCC(c2cc(=O)[nH]cn2)CC1. The number of aromatic amines is 1. The van der Waals surface area contributed by atoms with Crippen molar-refractivity contribution < 1.29 is 0 Å². The Balaban J connectivity index is 1.59. The molecule has 1 aliphatic heterocycles. The molecule has 0 aliphatic carbocycles. The number of aromatic nitrogens is 4. The predicted octanol–water partition coefficient (Wildman–Crippen LogP) is 1.37. The average molecular weight is 287 g/mol. The lowest BCUT2D eigenvalue weighted by Gasteiger charge is -2.31. The number of likely N-dealkylation sites (tertiary alicyclic amines) is 1. The minimum atomic E-state index is -0.0609. The second kappa shape index (κ2) is 6.22. The van der Waals surface area contributed by atoms with Gasteiger partial charge in [-0.3, -0.25) is 9.69 Å². The lowest BCUT2D eigenvalue weighted by Crippen LogP contribution is -2.33. The van der Waals surface area contributed by atoms with Gasteiger partial charge in [0.15, 0.2) is 0 Å². The van der Waals surface area contributed by atoms with E-state index in [0.29, 0.717) is 5.92 Å². The fraction of sp³-hybridized carbons (Fsp3) is 0.533. The number of H-pyrrole nitrogens is 1. The number of rotatable bonds is 4. The molecular formula is C15H21N5O. The van der Waals surface area contributed by atoms with E-state index in [0.717, 1.165) is 44.7 Å². The summed E-state index contributed by atoms with van der Waals surface area (Å²) in [5.41, 5.74) is 2.14. The smallest absolute Gasteiger partial charge is 0.250 e. The predicted molar refractivity (Wildman–Crippen MR) is 80.0 cm³/mol. The van der Waals surface area contributed by atoms with Crippen molar-refractivity contribution in [3.8, 4) is 0 Å². The van der Waals surface area contributed by atoms with Crippen LogP contribution in [0.1, 0.15) is 37.1 Å². The van der Waals surface area contributed by atoms with E-state index in [-0.39, 0.29) is 5.56 Å². The summed E-state index contributed by atoms with van der Waals surface area (Å²) >= 11 is 0. The first-order valence-electron chi connectivity index (χ1n) is 7.52. The highest BCUT2D eigenvalue weighted by Crippen LogP contribution is 2.26. The highest BCUT2D eigenvalue weighted by molar-refractivity contribution is 5.08. The molecule has 2 aromatic rings. The summed E-state index contributed by atoms with van der Waals surface area (Å²) in [5, 5.41) is 0. The van der Waals surface area contributed by atoms with Gasteiger partial charge >= 0.3 is 0 Å². The molecule has 1 N–H and O–H groups in total. The fourth-order valence-corrected chi connectivity index (χ4v) is 2.99. The minimum Gasteiger partial charge on any atom is -0.334 e. The van der Waals surface area contributed by atoms with Crippen molar-refractivity contribution in [2.45, 2.75) is 38.8 Å². The number of nitrogens with one attached hydrogen (secondary N) is 1. The molecule has 3 heterocycles. The van der Waals surface area contributed by atoms with Crippen LogP contribution >= 0.6 is 0 Å². The minimum absolute atomic E-state index is 0.0609. The normalized spacial score (nSPS) is 17.2. The van der Waals surface area contributed by atoms with Gasteiger partial charge in [0.1, 0.15) is 0 Å². The molecular weight excluding hydrogens is 266 g/mol. The Morgan fingerprint density at radius 2 is 2.19 bits per heavy atom. The molecule has 1 saturated heterocycles. The third-order valence-electron chi connectivity index (χ3n) is 4.23. The molecule has 1 fully saturated rings. The Hall–Kier alpha value is -1.95.